The molecule has 0 saturated heterocycles. The second-order valence-electron chi connectivity index (χ2n) is 23.0. The van der Waals surface area contributed by atoms with Gasteiger partial charge in [0.2, 0.25) is 0 Å². The lowest BCUT2D eigenvalue weighted by Gasteiger charge is -2.25. The van der Waals surface area contributed by atoms with Crippen LogP contribution in [0.5, 0.6) is 0 Å². The van der Waals surface area contributed by atoms with Crippen molar-refractivity contribution in [1.29, 1.82) is 0 Å². The number of aromatic amines is 3. The van der Waals surface area contributed by atoms with Gasteiger partial charge in [0.1, 0.15) is 0 Å². The first-order valence-corrected chi connectivity index (χ1v) is 35.3. The Morgan fingerprint density at radius 1 is 0.245 bits per heavy atom. The molecule has 0 aliphatic carbocycles. The first-order valence-electron chi connectivity index (χ1n) is 30.0. The second kappa shape index (κ2) is 26.1. The van der Waals surface area contributed by atoms with Gasteiger partial charge in [-0.15, -0.1) is 0 Å². The van der Waals surface area contributed by atoms with E-state index in [9.17, 15) is 0 Å². The first kappa shape index (κ1) is 65.4. The molecule has 3 N–H and O–H groups in total. The number of nitrogens with zero attached hydrogens (tertiary/aromatic N) is 4. The zero-order valence-corrected chi connectivity index (χ0v) is 60.3. The molecule has 7 nitrogen and oxygen atoms in total. The Labute approximate surface area is 629 Å². The maximum absolute atomic E-state index is 7.75. The number of H-pyrrole nitrogens is 3. The minimum absolute atomic E-state index is 0.259. The monoisotopic (exact) mass is 1550 g/mol. The molecule has 0 amide bonds. The summed E-state index contributed by atoms with van der Waals surface area (Å²) in [6, 6.07) is 48.8. The minimum Gasteiger partial charge on any atom is -0.357 e. The Morgan fingerprint density at radius 2 is 0.531 bits per heavy atom. The number of aliphatic imine (C=N–C) groups is 4. The topological polar surface area (TPSA) is 96.8 Å². The van der Waals surface area contributed by atoms with Crippen LogP contribution in [0.2, 0.25) is 70.3 Å². The van der Waals surface area contributed by atoms with Crippen LogP contribution in [-0.4, -0.2) is 37.8 Å². The van der Waals surface area contributed by atoms with Crippen LogP contribution in [0.25, 0.3) is 39.0 Å². The van der Waals surface area contributed by atoms with E-state index < -0.39 is 5.92 Å². The number of allylic oxidation sites excluding steroid dienone is 10. The fourth-order valence-electron chi connectivity index (χ4n) is 13.4. The van der Waals surface area contributed by atoms with Crippen LogP contribution in [0.3, 0.4) is 0 Å². The van der Waals surface area contributed by atoms with Gasteiger partial charge in [-0.2, -0.15) is 0 Å². The zero-order valence-electron chi connectivity index (χ0n) is 49.7. The average Bonchev–Trinajstić information content (AvgIpc) is 1.55. The molecule has 21 heteroatoms. The number of halogens is 14. The van der Waals surface area contributed by atoms with Gasteiger partial charge < -0.3 is 15.0 Å². The molecule has 9 heterocycles. The molecule has 1 unspecified atom stereocenters. The third-order valence-electron chi connectivity index (χ3n) is 17.5. The predicted octanol–water partition coefficient (Wildman–Crippen LogP) is 22.4. The maximum atomic E-state index is 7.75. The molecule has 98 heavy (non-hydrogen) atoms. The van der Waals surface area contributed by atoms with E-state index in [1.807, 2.05) is 72.9 Å². The lowest BCUT2D eigenvalue weighted by molar-refractivity contribution is 1.03. The SMILES string of the molecule is Clc1cccc(Cl)c1C1=C2C=CC(=N2)C(c2c(Cl)cccc2Cl)=c2ccc([nH]2)=C(c2c(Cl)cccc2Cl)C2=NC3=C(C(c4c(Cl)cccc4Cl)=C4C=CC1=N4)C2c1ccc([nH]1)/C(c1c(Cl)cccc1Cl)=C1/C=CC(=N1)/C(c1c(Cl)cccc1Cl)=c1/cc/c([nH]1)=C/3c1c(Cl)cccc1Cl. The molecular formula is C77H37Cl14N7. The van der Waals surface area contributed by atoms with Crippen molar-refractivity contribution in [1.82, 2.24) is 15.0 Å². The maximum Gasteiger partial charge on any atom is 0.0783 e. The van der Waals surface area contributed by atoms with Gasteiger partial charge in [0, 0.05) is 126 Å². The van der Waals surface area contributed by atoms with Crippen molar-refractivity contribution < 1.29 is 0 Å². The van der Waals surface area contributed by atoms with Crippen LogP contribution in [0, 0.1) is 0 Å². The summed E-state index contributed by atoms with van der Waals surface area (Å²) >= 11 is 105. The van der Waals surface area contributed by atoms with E-state index in [0.717, 1.165) is 0 Å². The lowest BCUT2D eigenvalue weighted by Crippen LogP contribution is -2.25. The molecule has 0 radical (unpaired) electrons. The quantitative estimate of drug-likeness (QED) is 0.142. The van der Waals surface area contributed by atoms with Crippen LogP contribution in [0.15, 0.2) is 249 Å². The van der Waals surface area contributed by atoms with Crippen LogP contribution < -0.4 is 21.4 Å². The molecule has 6 aliphatic heterocycles. The zero-order chi connectivity index (χ0) is 67.7. The van der Waals surface area contributed by atoms with Crippen molar-refractivity contribution in [3.05, 3.63) is 371 Å². The number of hydrogen-bond acceptors (Lipinski definition) is 4. The van der Waals surface area contributed by atoms with E-state index in [1.165, 1.54) is 0 Å². The van der Waals surface area contributed by atoms with Crippen molar-refractivity contribution in [2.24, 2.45) is 20.0 Å². The van der Waals surface area contributed by atoms with E-state index in [1.54, 1.807) is 127 Å². The first-order chi connectivity index (χ1) is 47.4. The fourth-order valence-corrected chi connectivity index (χ4v) is 17.5. The van der Waals surface area contributed by atoms with Crippen molar-refractivity contribution >= 4 is 224 Å². The molecule has 0 saturated carbocycles. The number of fused-ring (bicyclic) bond motifs is 9. The summed E-state index contributed by atoms with van der Waals surface area (Å²) in [6.45, 7) is 0. The number of rotatable bonds is 7. The fraction of sp³-hybridized carbons (Fsp3) is 0.0130. The standard InChI is InChI=1S/C77H37Cl14N7/c78-34-8-1-9-35(79)60(34)67-48-22-23-49(92-48)68(61-36(80)10-2-11-37(61)81)53-27-31-57(95-53)72(65-44(88)18-6-19-45(65)89)76-74-59-33-29-55(97-59)70(63-40(84)14-4-15-41(63)85)51-25-24-50(93-51)69(62-38(82)12-3-13-39(62)83)54-28-32-58(96-54)73(66-46(90)20-7-21-47(66)91)77(98-76)75(74)71(56-30-26-52(67)94-56)64-42(86)16-5-17-43(64)87/h1-33,74,95-97H/b67-48?,67-52?,68-49?,68-53?,69-54+,70-51+,71-56?,72-57?,73-58-,75-71?,76-72?. The summed E-state index contributed by atoms with van der Waals surface area (Å²) in [5.74, 6) is -1.08. The summed E-state index contributed by atoms with van der Waals surface area (Å²) in [5.41, 5.74) is 11.4. The van der Waals surface area contributed by atoms with Crippen molar-refractivity contribution in [3.8, 4) is 0 Å². The number of benzene rings is 7. The normalized spacial score (nSPS) is 18.3. The highest BCUT2D eigenvalue weighted by molar-refractivity contribution is 6.48. The third kappa shape index (κ3) is 11.1. The van der Waals surface area contributed by atoms with Gasteiger partial charge in [0.05, 0.1) is 112 Å². The Kier molecular flexibility index (Phi) is 17.4. The Hall–Kier alpha value is -7.22. The van der Waals surface area contributed by atoms with E-state index in [0.29, 0.717) is 202 Å². The average molecular weight is 1560 g/mol. The molecule has 16 bridgehead atoms. The molecule has 0 fully saturated rings. The molecule has 478 valence electrons. The molecule has 16 rings (SSSR count). The van der Waals surface area contributed by atoms with Gasteiger partial charge in [-0.25, -0.2) is 15.0 Å². The van der Waals surface area contributed by atoms with Gasteiger partial charge in [0.25, 0.3) is 0 Å². The van der Waals surface area contributed by atoms with Gasteiger partial charge in [-0.1, -0.05) is 205 Å². The largest absolute Gasteiger partial charge is 0.357 e. The van der Waals surface area contributed by atoms with Gasteiger partial charge in [-0.3, -0.25) is 4.99 Å². The van der Waals surface area contributed by atoms with E-state index in [4.69, 9.17) is 182 Å². The summed E-state index contributed by atoms with van der Waals surface area (Å²) < 4.78 is 0. The molecule has 10 aromatic rings. The molecule has 3 aromatic heterocycles. The number of aromatic nitrogens is 3. The highest BCUT2D eigenvalue weighted by Crippen LogP contribution is 2.55. The van der Waals surface area contributed by atoms with E-state index in [2.05, 4.69) is 15.0 Å². The molecule has 0 spiro atoms. The minimum atomic E-state index is -1.08. The van der Waals surface area contributed by atoms with E-state index in [-0.39, 0.29) is 30.1 Å². The molecule has 6 aliphatic rings. The highest BCUT2D eigenvalue weighted by Gasteiger charge is 2.43. The number of hydrogen-bond donors (Lipinski definition) is 3. The highest BCUT2D eigenvalue weighted by atomic mass is 35.5. The summed E-state index contributed by atoms with van der Waals surface area (Å²) in [4.78, 5) is 34.3. The van der Waals surface area contributed by atoms with Crippen molar-refractivity contribution in [2.75, 3.05) is 0 Å². The Bertz CT molecular complexity index is 5800. The van der Waals surface area contributed by atoms with Crippen LogP contribution >= 0.6 is 162 Å². The van der Waals surface area contributed by atoms with Crippen molar-refractivity contribution in [2.45, 2.75) is 5.92 Å². The van der Waals surface area contributed by atoms with Crippen LogP contribution in [0.1, 0.15) is 56.2 Å². The number of nitrogens with one attached hydrogen (secondary N) is 3. The summed E-state index contributed by atoms with van der Waals surface area (Å²) in [5, 5.41) is 6.38. The van der Waals surface area contributed by atoms with E-state index >= 15 is 0 Å². The van der Waals surface area contributed by atoms with Gasteiger partial charge in [0.15, 0.2) is 0 Å². The third-order valence-corrected chi connectivity index (χ3v) is 21.9. The summed E-state index contributed by atoms with van der Waals surface area (Å²) in [6.07, 6.45) is 11.3. The Balaban J connectivity index is 1.19. The smallest absolute Gasteiger partial charge is 0.0783 e. The van der Waals surface area contributed by atoms with Gasteiger partial charge in [-0.05, 0) is 158 Å². The molecular weight excluding hydrogens is 1520 g/mol. The van der Waals surface area contributed by atoms with Crippen LogP contribution in [0.4, 0.5) is 0 Å². The van der Waals surface area contributed by atoms with Crippen molar-refractivity contribution in [3.63, 3.8) is 0 Å². The molecule has 1 atom stereocenters. The predicted molar refractivity (Wildman–Crippen MR) is 413 cm³/mol. The van der Waals surface area contributed by atoms with Crippen LogP contribution in [-0.2, 0) is 0 Å². The van der Waals surface area contributed by atoms with Gasteiger partial charge >= 0.3 is 0 Å². The Morgan fingerprint density at radius 3 is 0.918 bits per heavy atom. The molecule has 7 aromatic carbocycles. The summed E-state index contributed by atoms with van der Waals surface area (Å²) in [7, 11) is 0. The lowest BCUT2D eigenvalue weighted by atomic mass is 9.79. The second-order valence-corrected chi connectivity index (χ2v) is 28.7.